The minimum absolute atomic E-state index is 0.0971. The van der Waals surface area contributed by atoms with Crippen molar-refractivity contribution in [2.24, 2.45) is 0 Å². The molecule has 0 bridgehead atoms. The number of hydrogen-bond acceptors (Lipinski definition) is 2. The van der Waals surface area contributed by atoms with Gasteiger partial charge in [-0.1, -0.05) is 35.7 Å². The molecular formula is C18H23NO2. The Bertz CT molecular complexity index is 518. The molecule has 1 aromatic rings. The smallest absolute Gasteiger partial charge is 0.298 e. The van der Waals surface area contributed by atoms with Gasteiger partial charge < -0.3 is 9.64 Å². The van der Waals surface area contributed by atoms with Gasteiger partial charge in [0, 0.05) is 19.7 Å². The Kier molecular flexibility index (Phi) is 5.83. The third kappa shape index (κ3) is 4.91. The number of hydrogen-bond donors (Lipinski definition) is 0. The number of nitrogens with zero attached hydrogens (tertiary/aromatic N) is 1. The summed E-state index contributed by atoms with van der Waals surface area (Å²) < 4.78 is 5.64. The quantitative estimate of drug-likeness (QED) is 0.778. The average Bonchev–Trinajstić information content (AvgIpc) is 2.98. The van der Waals surface area contributed by atoms with Crippen molar-refractivity contribution in [1.29, 1.82) is 0 Å². The molecule has 0 aliphatic carbocycles. The molecule has 1 aromatic carbocycles. The molecule has 0 spiro atoms. The fourth-order valence-corrected chi connectivity index (χ4v) is 2.51. The minimum Gasteiger partial charge on any atom is -0.376 e. The summed E-state index contributed by atoms with van der Waals surface area (Å²) in [5, 5.41) is 0. The highest BCUT2D eigenvalue weighted by Gasteiger charge is 2.21. The molecule has 0 radical (unpaired) electrons. The Balaban J connectivity index is 1.95. The molecule has 21 heavy (non-hydrogen) atoms. The lowest BCUT2D eigenvalue weighted by Gasteiger charge is -2.23. The van der Waals surface area contributed by atoms with Crippen molar-refractivity contribution in [3.05, 3.63) is 35.4 Å². The first kappa shape index (κ1) is 15.6. The zero-order valence-corrected chi connectivity index (χ0v) is 12.9. The molecule has 0 aromatic heterocycles. The van der Waals surface area contributed by atoms with Gasteiger partial charge in [-0.25, -0.2) is 0 Å². The molecule has 1 saturated heterocycles. The molecule has 1 heterocycles. The van der Waals surface area contributed by atoms with E-state index in [9.17, 15) is 4.79 Å². The third-order valence-electron chi connectivity index (χ3n) is 3.76. The number of rotatable bonds is 5. The van der Waals surface area contributed by atoms with Gasteiger partial charge in [-0.2, -0.15) is 0 Å². The number of carbonyl (C=O) groups excluding carboxylic acids is 1. The topological polar surface area (TPSA) is 29.5 Å². The Morgan fingerprint density at radius 1 is 1.38 bits per heavy atom. The zero-order valence-electron chi connectivity index (χ0n) is 12.9. The molecular weight excluding hydrogens is 262 g/mol. The van der Waals surface area contributed by atoms with Crippen LogP contribution in [0, 0.1) is 18.8 Å². The predicted molar refractivity (Wildman–Crippen MR) is 83.9 cm³/mol. The summed E-state index contributed by atoms with van der Waals surface area (Å²) in [5.74, 6) is 5.25. The van der Waals surface area contributed by atoms with E-state index in [1.165, 1.54) is 11.1 Å². The summed E-state index contributed by atoms with van der Waals surface area (Å²) in [7, 11) is 0. The fourth-order valence-electron chi connectivity index (χ4n) is 2.51. The molecule has 0 saturated carbocycles. The zero-order chi connectivity index (χ0) is 15.1. The van der Waals surface area contributed by atoms with Crippen molar-refractivity contribution < 1.29 is 9.53 Å². The van der Waals surface area contributed by atoms with Gasteiger partial charge >= 0.3 is 0 Å². The standard InChI is InChI=1S/C18H23NO2/c1-3-5-18(20)19(14-17-6-4-13-21-17)12-11-16-9-7-15(2)8-10-16/h7-10,17H,4,6,11-14H2,1-2H3. The van der Waals surface area contributed by atoms with Crippen LogP contribution in [0.2, 0.25) is 0 Å². The fraction of sp³-hybridized carbons (Fsp3) is 0.500. The first-order chi connectivity index (χ1) is 10.2. The Hall–Kier alpha value is -1.79. The van der Waals surface area contributed by atoms with Gasteiger partial charge in [-0.05, 0) is 44.6 Å². The van der Waals surface area contributed by atoms with Gasteiger partial charge in [0.2, 0.25) is 0 Å². The summed E-state index contributed by atoms with van der Waals surface area (Å²) in [5.41, 5.74) is 2.50. The lowest BCUT2D eigenvalue weighted by atomic mass is 10.1. The highest BCUT2D eigenvalue weighted by molar-refractivity contribution is 5.93. The van der Waals surface area contributed by atoms with Gasteiger partial charge in [-0.3, -0.25) is 4.79 Å². The maximum Gasteiger partial charge on any atom is 0.298 e. The second kappa shape index (κ2) is 7.85. The van der Waals surface area contributed by atoms with Crippen LogP contribution in [0.5, 0.6) is 0 Å². The van der Waals surface area contributed by atoms with Crippen molar-refractivity contribution in [3.63, 3.8) is 0 Å². The van der Waals surface area contributed by atoms with Gasteiger partial charge in [0.1, 0.15) is 0 Å². The molecule has 1 fully saturated rings. The average molecular weight is 285 g/mol. The molecule has 3 heteroatoms. The van der Waals surface area contributed by atoms with E-state index in [0.717, 1.165) is 25.9 Å². The molecule has 1 aliphatic rings. The maximum absolute atomic E-state index is 12.1. The number of benzene rings is 1. The van der Waals surface area contributed by atoms with Gasteiger partial charge in [0.05, 0.1) is 6.10 Å². The second-order valence-corrected chi connectivity index (χ2v) is 5.50. The lowest BCUT2D eigenvalue weighted by Crippen LogP contribution is -2.38. The lowest BCUT2D eigenvalue weighted by molar-refractivity contribution is -0.126. The first-order valence-electron chi connectivity index (χ1n) is 7.58. The largest absolute Gasteiger partial charge is 0.376 e. The Morgan fingerprint density at radius 3 is 2.76 bits per heavy atom. The molecule has 1 atom stereocenters. The summed E-state index contributed by atoms with van der Waals surface area (Å²) >= 11 is 0. The number of aryl methyl sites for hydroxylation is 1. The van der Waals surface area contributed by atoms with Crippen LogP contribution in [0.25, 0.3) is 0 Å². The Labute approximate surface area is 127 Å². The van der Waals surface area contributed by atoms with Gasteiger partial charge in [0.25, 0.3) is 5.91 Å². The van der Waals surface area contributed by atoms with Crippen molar-refractivity contribution in [2.75, 3.05) is 19.7 Å². The molecule has 1 amide bonds. The van der Waals surface area contributed by atoms with E-state index in [2.05, 4.69) is 43.0 Å². The summed E-state index contributed by atoms with van der Waals surface area (Å²) in [6.07, 6.45) is 3.15. The van der Waals surface area contributed by atoms with Gasteiger partial charge in [-0.15, -0.1) is 0 Å². The van der Waals surface area contributed by atoms with Crippen LogP contribution >= 0.6 is 0 Å². The summed E-state index contributed by atoms with van der Waals surface area (Å²) in [6.45, 7) is 5.93. The molecule has 3 nitrogen and oxygen atoms in total. The van der Waals surface area contributed by atoms with Crippen molar-refractivity contribution in [1.82, 2.24) is 4.90 Å². The van der Waals surface area contributed by atoms with E-state index in [1.54, 1.807) is 6.92 Å². The van der Waals surface area contributed by atoms with E-state index >= 15 is 0 Å². The predicted octanol–water partition coefficient (Wildman–Crippen LogP) is 2.57. The molecule has 0 N–H and O–H groups in total. The summed E-state index contributed by atoms with van der Waals surface area (Å²) in [4.78, 5) is 13.9. The second-order valence-electron chi connectivity index (χ2n) is 5.50. The monoisotopic (exact) mass is 285 g/mol. The molecule has 2 rings (SSSR count). The van der Waals surface area contributed by atoms with Crippen LogP contribution in [0.15, 0.2) is 24.3 Å². The summed E-state index contributed by atoms with van der Waals surface area (Å²) in [6, 6.07) is 8.45. The molecule has 1 unspecified atom stereocenters. The molecule has 1 aliphatic heterocycles. The van der Waals surface area contributed by atoms with Crippen molar-refractivity contribution >= 4 is 5.91 Å². The van der Waals surface area contributed by atoms with Crippen molar-refractivity contribution in [2.45, 2.75) is 39.2 Å². The van der Waals surface area contributed by atoms with Crippen LogP contribution in [0.4, 0.5) is 0 Å². The van der Waals surface area contributed by atoms with Crippen LogP contribution < -0.4 is 0 Å². The molecule has 112 valence electrons. The van der Waals surface area contributed by atoms with Crippen LogP contribution in [0.3, 0.4) is 0 Å². The van der Waals surface area contributed by atoms with E-state index < -0.39 is 0 Å². The maximum atomic E-state index is 12.1. The SMILES string of the molecule is CC#CC(=O)N(CCc1ccc(C)cc1)CC1CCCO1. The van der Waals surface area contributed by atoms with E-state index in [1.807, 2.05) is 4.90 Å². The van der Waals surface area contributed by atoms with E-state index in [0.29, 0.717) is 13.1 Å². The first-order valence-corrected chi connectivity index (χ1v) is 7.58. The van der Waals surface area contributed by atoms with E-state index in [-0.39, 0.29) is 12.0 Å². The highest BCUT2D eigenvalue weighted by Crippen LogP contribution is 2.14. The number of carbonyl (C=O) groups is 1. The normalized spacial score (nSPS) is 17.1. The Morgan fingerprint density at radius 2 is 2.14 bits per heavy atom. The van der Waals surface area contributed by atoms with Crippen molar-refractivity contribution in [3.8, 4) is 11.8 Å². The van der Waals surface area contributed by atoms with Crippen LogP contribution in [-0.2, 0) is 16.0 Å². The minimum atomic E-state index is -0.0971. The van der Waals surface area contributed by atoms with Crippen LogP contribution in [0.1, 0.15) is 30.9 Å². The highest BCUT2D eigenvalue weighted by atomic mass is 16.5. The van der Waals surface area contributed by atoms with Crippen LogP contribution in [-0.4, -0.2) is 36.6 Å². The number of amides is 1. The van der Waals surface area contributed by atoms with E-state index in [4.69, 9.17) is 4.74 Å². The third-order valence-corrected chi connectivity index (χ3v) is 3.76. The number of ether oxygens (including phenoxy) is 1. The van der Waals surface area contributed by atoms with Gasteiger partial charge in [0.15, 0.2) is 0 Å².